The maximum atomic E-state index is 12.7. The van der Waals surface area contributed by atoms with Crippen molar-refractivity contribution in [2.45, 2.75) is 11.8 Å². The summed E-state index contributed by atoms with van der Waals surface area (Å²) in [5.74, 6) is -0.254. The highest BCUT2D eigenvalue weighted by atomic mass is 79.9. The molecule has 4 rings (SSSR count). The molecule has 1 fully saturated rings. The first-order valence-corrected chi connectivity index (χ1v) is 12.9. The Morgan fingerprint density at radius 2 is 1.76 bits per heavy atom. The fourth-order valence-electron chi connectivity index (χ4n) is 2.83. The molecule has 1 saturated heterocycles. The van der Waals surface area contributed by atoms with Crippen LogP contribution in [-0.2, 0) is 14.9 Å². The van der Waals surface area contributed by atoms with Crippen LogP contribution in [0, 0.1) is 6.92 Å². The van der Waals surface area contributed by atoms with Crippen molar-refractivity contribution in [3.8, 4) is 5.75 Å². The molecule has 1 N–H and O–H groups in total. The first-order chi connectivity index (χ1) is 15.7. The van der Waals surface area contributed by atoms with Crippen LogP contribution in [0.3, 0.4) is 0 Å². The van der Waals surface area contributed by atoms with E-state index in [4.69, 9.17) is 15.8 Å². The minimum Gasteiger partial charge on any atom is -0.378 e. The molecule has 0 saturated carbocycles. The van der Waals surface area contributed by atoms with Crippen molar-refractivity contribution in [1.82, 2.24) is 5.32 Å². The van der Waals surface area contributed by atoms with Crippen molar-refractivity contribution in [3.63, 3.8) is 0 Å². The summed E-state index contributed by atoms with van der Waals surface area (Å²) in [6, 6.07) is 18.1. The third-order valence-corrected chi connectivity index (χ3v) is 7.38. The summed E-state index contributed by atoms with van der Waals surface area (Å²) < 4.78 is 31.5. The average Bonchev–Trinajstić information content (AvgIpc) is 3.10. The maximum absolute atomic E-state index is 12.7. The molecular formula is C23H16BrClN2O4S2. The van der Waals surface area contributed by atoms with E-state index in [-0.39, 0.29) is 16.6 Å². The molecule has 0 radical (unpaired) electrons. The molecular weight excluding hydrogens is 548 g/mol. The zero-order chi connectivity index (χ0) is 23.6. The van der Waals surface area contributed by atoms with Gasteiger partial charge in [-0.2, -0.15) is 8.42 Å². The minimum atomic E-state index is -4.10. The predicted molar refractivity (Wildman–Crippen MR) is 135 cm³/mol. The number of amidine groups is 1. The van der Waals surface area contributed by atoms with Gasteiger partial charge in [-0.1, -0.05) is 45.2 Å². The lowest BCUT2D eigenvalue weighted by molar-refractivity contribution is -0.115. The average molecular weight is 564 g/mol. The van der Waals surface area contributed by atoms with E-state index >= 15 is 0 Å². The normalized spacial score (nSPS) is 16.3. The predicted octanol–water partition coefficient (Wildman–Crippen LogP) is 6.07. The number of hydrogen-bond acceptors (Lipinski definition) is 6. The Labute approximate surface area is 209 Å². The van der Waals surface area contributed by atoms with Gasteiger partial charge < -0.3 is 9.50 Å². The largest absolute Gasteiger partial charge is 0.378 e. The number of halogens is 2. The van der Waals surface area contributed by atoms with Gasteiger partial charge in [-0.15, -0.1) is 0 Å². The molecule has 3 aromatic rings. The number of hydrogen-bond donors (Lipinski definition) is 1. The number of carbonyl (C=O) groups is 1. The molecule has 1 heterocycles. The molecule has 1 aliphatic heterocycles. The Morgan fingerprint density at radius 3 is 2.45 bits per heavy atom. The summed E-state index contributed by atoms with van der Waals surface area (Å²) in [4.78, 5) is 17.3. The smallest absolute Gasteiger partial charge is 0.339 e. The molecule has 1 aliphatic rings. The molecule has 0 unspecified atom stereocenters. The number of aryl methyl sites for hydroxylation is 1. The molecule has 0 atom stereocenters. The Bertz CT molecular complexity index is 1390. The molecule has 0 aliphatic carbocycles. The van der Waals surface area contributed by atoms with Gasteiger partial charge in [-0.05, 0) is 79.4 Å². The Balaban J connectivity index is 1.63. The van der Waals surface area contributed by atoms with E-state index in [0.29, 0.717) is 30.8 Å². The monoisotopic (exact) mass is 562 g/mol. The summed E-state index contributed by atoms with van der Waals surface area (Å²) in [6.45, 7) is 1.98. The SMILES string of the molecule is Cc1ccc(N=C2NC(=O)/C(=C/c3cc(Br)ccc3OS(=O)(=O)c3ccc(Cl)cc3)S2)cc1. The number of aliphatic imine (C=N–C) groups is 1. The van der Waals surface area contributed by atoms with Crippen molar-refractivity contribution in [1.29, 1.82) is 0 Å². The second-order valence-corrected chi connectivity index (χ2v) is 10.9. The van der Waals surface area contributed by atoms with Gasteiger partial charge in [0.1, 0.15) is 10.6 Å². The fourth-order valence-corrected chi connectivity index (χ4v) is 5.13. The molecule has 33 heavy (non-hydrogen) atoms. The highest BCUT2D eigenvalue weighted by molar-refractivity contribution is 9.10. The minimum absolute atomic E-state index is 0.0334. The standard InChI is InChI=1S/C23H16BrClN2O4S2/c1-14-2-7-18(8-3-14)26-23-27-22(28)21(32-23)13-15-12-16(24)4-11-20(15)31-33(29,30)19-9-5-17(25)6-10-19/h2-13H,1H3,(H,26,27,28)/b21-13-. The zero-order valence-electron chi connectivity index (χ0n) is 17.1. The molecule has 168 valence electrons. The second-order valence-electron chi connectivity index (χ2n) is 6.99. The van der Waals surface area contributed by atoms with Gasteiger partial charge in [0.15, 0.2) is 5.17 Å². The Hall–Kier alpha value is -2.59. The maximum Gasteiger partial charge on any atom is 0.339 e. The van der Waals surface area contributed by atoms with E-state index in [1.807, 2.05) is 31.2 Å². The quantitative estimate of drug-likeness (QED) is 0.301. The second kappa shape index (κ2) is 9.72. The van der Waals surface area contributed by atoms with E-state index in [9.17, 15) is 13.2 Å². The van der Waals surface area contributed by atoms with Crippen LogP contribution in [-0.4, -0.2) is 19.5 Å². The van der Waals surface area contributed by atoms with Crippen molar-refractivity contribution in [2.24, 2.45) is 4.99 Å². The summed E-state index contributed by atoms with van der Waals surface area (Å²) in [5.41, 5.74) is 2.24. The van der Waals surface area contributed by atoms with E-state index in [2.05, 4.69) is 26.2 Å². The highest BCUT2D eigenvalue weighted by Crippen LogP contribution is 2.33. The molecule has 6 nitrogen and oxygen atoms in total. The van der Waals surface area contributed by atoms with Crippen LogP contribution < -0.4 is 9.50 Å². The first kappa shape index (κ1) is 23.6. The first-order valence-electron chi connectivity index (χ1n) is 9.55. The van der Waals surface area contributed by atoms with Crippen LogP contribution >= 0.6 is 39.3 Å². The molecule has 0 bridgehead atoms. The van der Waals surface area contributed by atoms with Gasteiger partial charge >= 0.3 is 10.1 Å². The van der Waals surface area contributed by atoms with E-state index in [1.165, 1.54) is 30.3 Å². The number of thioether (sulfide) groups is 1. The van der Waals surface area contributed by atoms with Gasteiger partial charge in [-0.25, -0.2) is 4.99 Å². The fraction of sp³-hybridized carbons (Fsp3) is 0.0435. The van der Waals surface area contributed by atoms with E-state index in [1.54, 1.807) is 18.2 Å². The lowest BCUT2D eigenvalue weighted by Crippen LogP contribution is -2.19. The number of amides is 1. The summed E-state index contributed by atoms with van der Waals surface area (Å²) in [6.07, 6.45) is 1.56. The van der Waals surface area contributed by atoms with Crippen molar-refractivity contribution in [3.05, 3.63) is 92.3 Å². The third kappa shape index (κ3) is 5.86. The third-order valence-electron chi connectivity index (χ3n) is 4.48. The highest BCUT2D eigenvalue weighted by Gasteiger charge is 2.25. The molecule has 3 aromatic carbocycles. The number of carbonyl (C=O) groups excluding carboxylic acids is 1. The van der Waals surface area contributed by atoms with Gasteiger partial charge in [-0.3, -0.25) is 4.79 Å². The van der Waals surface area contributed by atoms with E-state index in [0.717, 1.165) is 17.3 Å². The van der Waals surface area contributed by atoms with Crippen LogP contribution in [0.15, 0.2) is 86.0 Å². The Morgan fingerprint density at radius 1 is 1.06 bits per heavy atom. The molecule has 0 aromatic heterocycles. The van der Waals surface area contributed by atoms with Gasteiger partial charge in [0.2, 0.25) is 0 Å². The van der Waals surface area contributed by atoms with E-state index < -0.39 is 10.1 Å². The van der Waals surface area contributed by atoms with Crippen LogP contribution in [0.5, 0.6) is 5.75 Å². The summed E-state index contributed by atoms with van der Waals surface area (Å²) in [5, 5.41) is 3.57. The van der Waals surface area contributed by atoms with Crippen molar-refractivity contribution < 1.29 is 17.4 Å². The van der Waals surface area contributed by atoms with Crippen molar-refractivity contribution >= 4 is 72.2 Å². The van der Waals surface area contributed by atoms with Crippen molar-refractivity contribution in [2.75, 3.05) is 0 Å². The summed E-state index contributed by atoms with van der Waals surface area (Å²) >= 11 is 10.4. The molecule has 0 spiro atoms. The van der Waals surface area contributed by atoms with Gasteiger partial charge in [0.25, 0.3) is 5.91 Å². The lowest BCUT2D eigenvalue weighted by Gasteiger charge is -2.10. The van der Waals surface area contributed by atoms with Crippen LogP contribution in [0.25, 0.3) is 6.08 Å². The van der Waals surface area contributed by atoms with Crippen LogP contribution in [0.1, 0.15) is 11.1 Å². The van der Waals surface area contributed by atoms with Crippen LogP contribution in [0.4, 0.5) is 5.69 Å². The molecule has 10 heteroatoms. The van der Waals surface area contributed by atoms with Crippen LogP contribution in [0.2, 0.25) is 5.02 Å². The summed E-state index contributed by atoms with van der Waals surface area (Å²) in [7, 11) is -4.10. The number of rotatable bonds is 5. The lowest BCUT2D eigenvalue weighted by atomic mass is 10.2. The van der Waals surface area contributed by atoms with Gasteiger partial charge in [0, 0.05) is 15.1 Å². The molecule has 1 amide bonds. The number of nitrogens with one attached hydrogen (secondary N) is 1. The topological polar surface area (TPSA) is 84.8 Å². The zero-order valence-corrected chi connectivity index (χ0v) is 21.1. The Kier molecular flexibility index (Phi) is 6.94. The van der Waals surface area contributed by atoms with Gasteiger partial charge in [0.05, 0.1) is 10.6 Å². The number of nitrogens with zero attached hydrogens (tertiary/aromatic N) is 1. The number of benzene rings is 3.